The van der Waals surface area contributed by atoms with Gasteiger partial charge in [0, 0.05) is 19.2 Å². The van der Waals surface area contributed by atoms with E-state index in [1.807, 2.05) is 13.8 Å². The smallest absolute Gasteiger partial charge is 0.191 e. The molecule has 118 valence electrons. The van der Waals surface area contributed by atoms with Crippen LogP contribution in [-0.2, 0) is 4.74 Å². The first-order valence-corrected chi connectivity index (χ1v) is 7.24. The Morgan fingerprint density at radius 2 is 2.10 bits per heavy atom. The Balaban J connectivity index is 2.26. The lowest BCUT2D eigenvalue weighted by Crippen LogP contribution is -2.39. The van der Waals surface area contributed by atoms with E-state index < -0.39 is 0 Å². The quantitative estimate of drug-likeness (QED) is 0.414. The molecule has 0 aliphatic heterocycles. The third kappa shape index (κ3) is 8.14. The topological polar surface area (TPSA) is 54.9 Å². The van der Waals surface area contributed by atoms with Gasteiger partial charge in [-0.3, -0.25) is 4.99 Å². The SMILES string of the molecule is CCNC(=NCCOCC)NCCOc1cccc(F)c1. The van der Waals surface area contributed by atoms with Crippen LogP contribution in [-0.4, -0.2) is 45.4 Å². The normalized spacial score (nSPS) is 11.3. The summed E-state index contributed by atoms with van der Waals surface area (Å²) < 4.78 is 23.7. The minimum absolute atomic E-state index is 0.300. The minimum atomic E-state index is -0.300. The zero-order valence-corrected chi connectivity index (χ0v) is 12.7. The summed E-state index contributed by atoms with van der Waals surface area (Å²) in [6.45, 7) is 7.66. The number of hydrogen-bond donors (Lipinski definition) is 2. The summed E-state index contributed by atoms with van der Waals surface area (Å²) in [6, 6.07) is 6.10. The minimum Gasteiger partial charge on any atom is -0.492 e. The van der Waals surface area contributed by atoms with E-state index >= 15 is 0 Å². The molecule has 1 aromatic rings. The van der Waals surface area contributed by atoms with Gasteiger partial charge in [0.2, 0.25) is 0 Å². The number of benzene rings is 1. The molecule has 0 saturated carbocycles. The third-order valence-electron chi connectivity index (χ3n) is 2.51. The van der Waals surface area contributed by atoms with Gasteiger partial charge in [0.05, 0.1) is 19.7 Å². The molecule has 0 spiro atoms. The molecule has 0 unspecified atom stereocenters. The van der Waals surface area contributed by atoms with Crippen LogP contribution >= 0.6 is 0 Å². The summed E-state index contributed by atoms with van der Waals surface area (Å²) in [5.41, 5.74) is 0. The predicted molar refractivity (Wildman–Crippen MR) is 82.4 cm³/mol. The number of nitrogens with zero attached hydrogens (tertiary/aromatic N) is 1. The Labute approximate surface area is 125 Å². The first-order chi connectivity index (χ1) is 10.3. The van der Waals surface area contributed by atoms with Crippen molar-refractivity contribution in [3.05, 3.63) is 30.1 Å². The van der Waals surface area contributed by atoms with Crippen molar-refractivity contribution in [1.29, 1.82) is 0 Å². The van der Waals surface area contributed by atoms with Crippen molar-refractivity contribution in [1.82, 2.24) is 10.6 Å². The van der Waals surface area contributed by atoms with Crippen LogP contribution < -0.4 is 15.4 Å². The van der Waals surface area contributed by atoms with Crippen LogP contribution in [0.15, 0.2) is 29.3 Å². The maximum absolute atomic E-state index is 13.0. The van der Waals surface area contributed by atoms with Crippen LogP contribution in [0.25, 0.3) is 0 Å². The van der Waals surface area contributed by atoms with Crippen LogP contribution in [0.5, 0.6) is 5.75 Å². The summed E-state index contributed by atoms with van der Waals surface area (Å²) >= 11 is 0. The maximum Gasteiger partial charge on any atom is 0.191 e. The van der Waals surface area contributed by atoms with Crippen LogP contribution in [0.1, 0.15) is 13.8 Å². The molecular formula is C15H24FN3O2. The molecule has 0 atom stereocenters. The summed E-state index contributed by atoms with van der Waals surface area (Å²) in [6.07, 6.45) is 0. The average Bonchev–Trinajstić information content (AvgIpc) is 2.48. The number of rotatable bonds is 9. The van der Waals surface area contributed by atoms with Crippen molar-refractivity contribution in [2.75, 3.05) is 39.5 Å². The molecule has 21 heavy (non-hydrogen) atoms. The molecule has 0 saturated heterocycles. The molecule has 1 aromatic carbocycles. The molecule has 1 rings (SSSR count). The number of guanidine groups is 1. The highest BCUT2D eigenvalue weighted by atomic mass is 19.1. The number of aliphatic imine (C=N–C) groups is 1. The monoisotopic (exact) mass is 297 g/mol. The molecule has 5 nitrogen and oxygen atoms in total. The third-order valence-corrected chi connectivity index (χ3v) is 2.51. The lowest BCUT2D eigenvalue weighted by molar-refractivity contribution is 0.155. The summed E-state index contributed by atoms with van der Waals surface area (Å²) in [5, 5.41) is 6.28. The standard InChI is InChI=1S/C15H24FN3O2/c1-3-17-15(18-8-10-20-4-2)19-9-11-21-14-7-5-6-13(16)12-14/h5-7,12H,3-4,8-11H2,1-2H3,(H2,17,18,19). The van der Waals surface area contributed by atoms with E-state index in [1.54, 1.807) is 12.1 Å². The average molecular weight is 297 g/mol. The van der Waals surface area contributed by atoms with Crippen molar-refractivity contribution in [2.45, 2.75) is 13.8 Å². The molecular weight excluding hydrogens is 273 g/mol. The predicted octanol–water partition coefficient (Wildman–Crippen LogP) is 1.80. The van der Waals surface area contributed by atoms with Gasteiger partial charge in [0.15, 0.2) is 5.96 Å². The Morgan fingerprint density at radius 1 is 1.24 bits per heavy atom. The van der Waals surface area contributed by atoms with Crippen molar-refractivity contribution >= 4 is 5.96 Å². The Hall–Kier alpha value is -1.82. The molecule has 0 aromatic heterocycles. The van der Waals surface area contributed by atoms with Crippen LogP contribution in [0.3, 0.4) is 0 Å². The van der Waals surface area contributed by atoms with Crippen molar-refractivity contribution in [2.24, 2.45) is 4.99 Å². The lowest BCUT2D eigenvalue weighted by Gasteiger charge is -2.12. The molecule has 0 heterocycles. The molecule has 0 bridgehead atoms. The van der Waals surface area contributed by atoms with Gasteiger partial charge in [0.1, 0.15) is 18.2 Å². The van der Waals surface area contributed by atoms with Gasteiger partial charge < -0.3 is 20.1 Å². The van der Waals surface area contributed by atoms with Crippen molar-refractivity contribution in [3.8, 4) is 5.75 Å². The van der Waals surface area contributed by atoms with E-state index in [9.17, 15) is 4.39 Å². The van der Waals surface area contributed by atoms with Gasteiger partial charge in [-0.15, -0.1) is 0 Å². The fraction of sp³-hybridized carbons (Fsp3) is 0.533. The Morgan fingerprint density at radius 3 is 2.81 bits per heavy atom. The molecule has 0 radical (unpaired) electrons. The molecule has 6 heteroatoms. The number of halogens is 1. The van der Waals surface area contributed by atoms with Gasteiger partial charge >= 0.3 is 0 Å². The van der Waals surface area contributed by atoms with E-state index in [0.717, 1.165) is 12.5 Å². The zero-order chi connectivity index (χ0) is 15.3. The highest BCUT2D eigenvalue weighted by Gasteiger charge is 1.98. The van der Waals surface area contributed by atoms with Gasteiger partial charge in [0.25, 0.3) is 0 Å². The van der Waals surface area contributed by atoms with Crippen LogP contribution in [0.4, 0.5) is 4.39 Å². The molecule has 0 aliphatic carbocycles. The largest absolute Gasteiger partial charge is 0.492 e. The second-order valence-electron chi connectivity index (χ2n) is 4.19. The summed E-state index contributed by atoms with van der Waals surface area (Å²) in [5.74, 6) is 0.946. The Kier molecular flexibility index (Phi) is 8.95. The van der Waals surface area contributed by atoms with E-state index in [4.69, 9.17) is 9.47 Å². The van der Waals surface area contributed by atoms with Gasteiger partial charge in [-0.2, -0.15) is 0 Å². The summed E-state index contributed by atoms with van der Waals surface area (Å²) in [4.78, 5) is 4.36. The first kappa shape index (κ1) is 17.2. The maximum atomic E-state index is 13.0. The number of ether oxygens (including phenoxy) is 2. The molecule has 0 amide bonds. The van der Waals surface area contributed by atoms with E-state index in [-0.39, 0.29) is 5.82 Å². The van der Waals surface area contributed by atoms with E-state index in [1.165, 1.54) is 12.1 Å². The molecule has 0 aliphatic rings. The number of hydrogen-bond acceptors (Lipinski definition) is 3. The van der Waals surface area contributed by atoms with E-state index in [0.29, 0.717) is 38.7 Å². The molecule has 2 N–H and O–H groups in total. The van der Waals surface area contributed by atoms with Gasteiger partial charge in [-0.1, -0.05) is 6.07 Å². The Bertz CT molecular complexity index is 427. The van der Waals surface area contributed by atoms with E-state index in [2.05, 4.69) is 15.6 Å². The second-order valence-corrected chi connectivity index (χ2v) is 4.19. The summed E-state index contributed by atoms with van der Waals surface area (Å²) in [7, 11) is 0. The second kappa shape index (κ2) is 10.9. The zero-order valence-electron chi connectivity index (χ0n) is 12.7. The van der Waals surface area contributed by atoms with Crippen molar-refractivity contribution in [3.63, 3.8) is 0 Å². The molecule has 0 fully saturated rings. The fourth-order valence-electron chi connectivity index (χ4n) is 1.60. The van der Waals surface area contributed by atoms with Crippen molar-refractivity contribution < 1.29 is 13.9 Å². The fourth-order valence-corrected chi connectivity index (χ4v) is 1.60. The highest BCUT2D eigenvalue weighted by molar-refractivity contribution is 5.79. The van der Waals surface area contributed by atoms with Gasteiger partial charge in [-0.25, -0.2) is 4.39 Å². The van der Waals surface area contributed by atoms with Crippen LogP contribution in [0, 0.1) is 5.82 Å². The van der Waals surface area contributed by atoms with Crippen LogP contribution in [0.2, 0.25) is 0 Å². The lowest BCUT2D eigenvalue weighted by atomic mass is 10.3. The number of nitrogens with one attached hydrogen (secondary N) is 2. The first-order valence-electron chi connectivity index (χ1n) is 7.24. The van der Waals surface area contributed by atoms with Gasteiger partial charge in [-0.05, 0) is 26.0 Å². The highest BCUT2D eigenvalue weighted by Crippen LogP contribution is 2.11.